The molecule has 2 unspecified atom stereocenters. The predicted molar refractivity (Wildman–Crippen MR) is 129 cm³/mol. The van der Waals surface area contributed by atoms with Crippen LogP contribution in [0.2, 0.25) is 0 Å². The number of nitrogens with zero attached hydrogens (tertiary/aromatic N) is 2. The highest BCUT2D eigenvalue weighted by molar-refractivity contribution is 7.89. The van der Waals surface area contributed by atoms with Crippen LogP contribution in [0.25, 0.3) is 0 Å². The highest BCUT2D eigenvalue weighted by Gasteiger charge is 2.32. The second-order valence-corrected chi connectivity index (χ2v) is 10.9. The van der Waals surface area contributed by atoms with E-state index >= 15 is 0 Å². The molecule has 0 amide bonds. The summed E-state index contributed by atoms with van der Waals surface area (Å²) in [4.78, 5) is 2.73. The number of hydrogen-bond donors (Lipinski definition) is 1. The molecule has 32 heavy (non-hydrogen) atoms. The molecule has 1 aliphatic heterocycles. The molecule has 1 fully saturated rings. The Bertz CT molecular complexity index is 899. The third kappa shape index (κ3) is 6.86. The maximum atomic E-state index is 13.0. The van der Waals surface area contributed by atoms with Gasteiger partial charge in [-0.3, -0.25) is 10.2 Å². The minimum absolute atomic E-state index is 0.115. The van der Waals surface area contributed by atoms with Gasteiger partial charge in [0.1, 0.15) is 0 Å². The highest BCUT2D eigenvalue weighted by Crippen LogP contribution is 2.20. The fourth-order valence-corrected chi connectivity index (χ4v) is 5.50. The molecule has 2 aromatic carbocycles. The van der Waals surface area contributed by atoms with Gasteiger partial charge in [-0.2, -0.15) is 4.31 Å². The van der Waals surface area contributed by atoms with E-state index in [0.29, 0.717) is 43.6 Å². The summed E-state index contributed by atoms with van der Waals surface area (Å²) in [6.45, 7) is 11.1. The second kappa shape index (κ2) is 11.9. The van der Waals surface area contributed by atoms with Crippen LogP contribution in [-0.2, 0) is 21.3 Å². The molecule has 0 saturated carbocycles. The maximum absolute atomic E-state index is 13.0. The fourth-order valence-electron chi connectivity index (χ4n) is 4.05. The summed E-state index contributed by atoms with van der Waals surface area (Å²) in [6.07, 6.45) is 0.115. The van der Waals surface area contributed by atoms with Crippen LogP contribution in [0.4, 0.5) is 0 Å². The van der Waals surface area contributed by atoms with Crippen LogP contribution in [0.15, 0.2) is 65.6 Å². The maximum Gasteiger partial charge on any atom is 0.243 e. The van der Waals surface area contributed by atoms with Crippen LogP contribution in [-0.4, -0.2) is 63.2 Å². The van der Waals surface area contributed by atoms with Crippen molar-refractivity contribution < 1.29 is 13.2 Å². The van der Waals surface area contributed by atoms with Crippen LogP contribution in [0.3, 0.4) is 0 Å². The lowest BCUT2D eigenvalue weighted by molar-refractivity contribution is 0.0205. The molecule has 0 bridgehead atoms. The summed E-state index contributed by atoms with van der Waals surface area (Å²) in [5, 5.41) is 3.71. The number of nitrogens with one attached hydrogen (secondary N) is 1. The van der Waals surface area contributed by atoms with Crippen LogP contribution in [0, 0.1) is 11.8 Å². The lowest BCUT2D eigenvalue weighted by atomic mass is 10.1. The van der Waals surface area contributed by atoms with E-state index in [1.165, 1.54) is 5.56 Å². The van der Waals surface area contributed by atoms with Crippen molar-refractivity contribution in [1.82, 2.24) is 14.5 Å². The molecule has 1 aliphatic rings. The Labute approximate surface area is 193 Å². The Kier molecular flexibility index (Phi) is 9.25. The molecule has 0 radical (unpaired) electrons. The summed E-state index contributed by atoms with van der Waals surface area (Å²) in [5.74, 6) is 0.777. The van der Waals surface area contributed by atoms with Gasteiger partial charge in [-0.05, 0) is 23.6 Å². The topological polar surface area (TPSA) is 61.9 Å². The molecule has 1 saturated heterocycles. The third-order valence-corrected chi connectivity index (χ3v) is 7.69. The Morgan fingerprint density at radius 1 is 0.875 bits per heavy atom. The van der Waals surface area contributed by atoms with Gasteiger partial charge in [0.25, 0.3) is 0 Å². The molecule has 0 spiro atoms. The summed E-state index contributed by atoms with van der Waals surface area (Å²) >= 11 is 0. The predicted octanol–water partition coefficient (Wildman–Crippen LogP) is 3.42. The van der Waals surface area contributed by atoms with Gasteiger partial charge in [-0.1, -0.05) is 69.3 Å². The van der Waals surface area contributed by atoms with Crippen molar-refractivity contribution in [2.75, 3.05) is 39.4 Å². The normalized spacial score (nSPS) is 18.0. The molecule has 176 valence electrons. The third-order valence-electron chi connectivity index (χ3n) is 5.78. The molecular weight excluding hydrogens is 422 g/mol. The summed E-state index contributed by atoms with van der Waals surface area (Å²) < 4.78 is 33.5. The van der Waals surface area contributed by atoms with Gasteiger partial charge in [-0.15, -0.1) is 0 Å². The number of piperazine rings is 1. The van der Waals surface area contributed by atoms with Gasteiger partial charge in [-0.25, -0.2) is 8.42 Å². The lowest BCUT2D eigenvalue weighted by Gasteiger charge is -2.41. The number of rotatable bonds is 11. The fraction of sp³-hybridized carbons (Fsp3) is 0.520. The molecule has 6 nitrogen and oxygen atoms in total. The quantitative estimate of drug-likeness (QED) is 0.558. The average Bonchev–Trinajstić information content (AvgIpc) is 2.80. The van der Waals surface area contributed by atoms with Crippen LogP contribution >= 0.6 is 0 Å². The van der Waals surface area contributed by atoms with Crippen molar-refractivity contribution >= 4 is 10.0 Å². The van der Waals surface area contributed by atoms with Gasteiger partial charge in [0.15, 0.2) is 0 Å². The van der Waals surface area contributed by atoms with Crippen molar-refractivity contribution in [2.24, 2.45) is 11.8 Å². The van der Waals surface area contributed by atoms with E-state index in [9.17, 15) is 8.42 Å². The molecule has 3 rings (SSSR count). The minimum Gasteiger partial charge on any atom is -0.381 e. The number of sulfonamides is 1. The molecule has 0 aliphatic carbocycles. The average molecular weight is 460 g/mol. The SMILES string of the molecule is CC(C)COCC(C)C(NCc1ccccc1)N1CCN(S(=O)(=O)c2ccccc2)CC1. The van der Waals surface area contributed by atoms with Crippen molar-refractivity contribution in [3.05, 3.63) is 66.2 Å². The number of benzene rings is 2. The van der Waals surface area contributed by atoms with Crippen LogP contribution < -0.4 is 5.32 Å². The van der Waals surface area contributed by atoms with Gasteiger partial charge < -0.3 is 4.74 Å². The van der Waals surface area contributed by atoms with Crippen molar-refractivity contribution in [2.45, 2.75) is 38.4 Å². The first-order valence-electron chi connectivity index (χ1n) is 11.5. The molecule has 0 aromatic heterocycles. The zero-order valence-corrected chi connectivity index (χ0v) is 20.3. The number of hydrogen-bond acceptors (Lipinski definition) is 5. The van der Waals surface area contributed by atoms with E-state index in [0.717, 1.165) is 13.2 Å². The van der Waals surface area contributed by atoms with Crippen LogP contribution in [0.5, 0.6) is 0 Å². The zero-order chi connectivity index (χ0) is 23.0. The lowest BCUT2D eigenvalue weighted by Crippen LogP contribution is -2.58. The summed E-state index contributed by atoms with van der Waals surface area (Å²) in [6, 6.07) is 19.1. The van der Waals surface area contributed by atoms with Crippen molar-refractivity contribution in [3.63, 3.8) is 0 Å². The summed E-state index contributed by atoms with van der Waals surface area (Å²) in [5.41, 5.74) is 1.23. The van der Waals surface area contributed by atoms with E-state index in [4.69, 9.17) is 4.74 Å². The van der Waals surface area contributed by atoms with Gasteiger partial charge in [0, 0.05) is 45.2 Å². The monoisotopic (exact) mass is 459 g/mol. The van der Waals surface area contributed by atoms with Gasteiger partial charge in [0.2, 0.25) is 10.0 Å². The summed E-state index contributed by atoms with van der Waals surface area (Å²) in [7, 11) is -3.45. The first-order chi connectivity index (χ1) is 15.4. The Balaban J connectivity index is 1.64. The van der Waals surface area contributed by atoms with Gasteiger partial charge >= 0.3 is 0 Å². The largest absolute Gasteiger partial charge is 0.381 e. The number of ether oxygens (including phenoxy) is 1. The second-order valence-electron chi connectivity index (χ2n) is 8.97. The van der Waals surface area contributed by atoms with E-state index in [2.05, 4.69) is 55.3 Å². The first kappa shape index (κ1) is 24.9. The van der Waals surface area contributed by atoms with E-state index in [1.54, 1.807) is 28.6 Å². The smallest absolute Gasteiger partial charge is 0.243 e. The molecule has 7 heteroatoms. The highest BCUT2D eigenvalue weighted by atomic mass is 32.2. The molecule has 2 aromatic rings. The van der Waals surface area contributed by atoms with E-state index in [1.807, 2.05) is 12.1 Å². The van der Waals surface area contributed by atoms with Crippen LogP contribution in [0.1, 0.15) is 26.3 Å². The standard InChI is InChI=1S/C25H37N3O3S/c1-21(2)19-31-20-22(3)25(26-18-23-10-6-4-7-11-23)27-14-16-28(17-15-27)32(29,30)24-12-8-5-9-13-24/h4-13,21-22,25-26H,14-20H2,1-3H3. The molecule has 1 N–H and O–H groups in total. The van der Waals surface area contributed by atoms with Crippen molar-refractivity contribution in [3.8, 4) is 0 Å². The van der Waals surface area contributed by atoms with Gasteiger partial charge in [0.05, 0.1) is 17.7 Å². The Morgan fingerprint density at radius 3 is 2.06 bits per heavy atom. The Morgan fingerprint density at radius 2 is 1.47 bits per heavy atom. The van der Waals surface area contributed by atoms with E-state index < -0.39 is 10.0 Å². The van der Waals surface area contributed by atoms with Crippen molar-refractivity contribution in [1.29, 1.82) is 0 Å². The zero-order valence-electron chi connectivity index (χ0n) is 19.5. The minimum atomic E-state index is -3.45. The van der Waals surface area contributed by atoms with E-state index in [-0.39, 0.29) is 12.1 Å². The molecular formula is C25H37N3O3S. The Hall–Kier alpha value is -1.77. The molecule has 1 heterocycles. The first-order valence-corrected chi connectivity index (χ1v) is 13.0. The molecule has 2 atom stereocenters.